The maximum Gasteiger partial charge on any atom is 0.419 e. The third kappa shape index (κ3) is 4.62. The highest BCUT2D eigenvalue weighted by Crippen LogP contribution is 2.35. The number of hydrogen-bond donors (Lipinski definition) is 2. The van der Waals surface area contributed by atoms with Crippen molar-refractivity contribution >= 4 is 5.91 Å². The summed E-state index contributed by atoms with van der Waals surface area (Å²) in [5.41, 5.74) is 4.06. The number of alkyl halides is 3. The van der Waals surface area contributed by atoms with E-state index in [4.69, 9.17) is 10.5 Å². The predicted octanol–water partition coefficient (Wildman–Crippen LogP) is 1.16. The molecule has 0 saturated heterocycles. The molecule has 100 valence electrons. The Bertz CT molecular complexity index is 408. The van der Waals surface area contributed by atoms with E-state index in [1.165, 1.54) is 18.2 Å². The molecule has 0 aliphatic rings. The van der Waals surface area contributed by atoms with Crippen LogP contribution >= 0.6 is 0 Å². The van der Waals surface area contributed by atoms with Gasteiger partial charge in [-0.1, -0.05) is 12.1 Å². The third-order valence-corrected chi connectivity index (χ3v) is 2.03. The molecule has 0 heterocycles. The highest BCUT2D eigenvalue weighted by atomic mass is 19.4. The number of para-hydroxylation sites is 1. The first kappa shape index (κ1) is 14.3. The molecule has 4 nitrogen and oxygen atoms in total. The number of hydrogen-bond acceptors (Lipinski definition) is 3. The van der Waals surface area contributed by atoms with Crippen molar-refractivity contribution in [3.63, 3.8) is 0 Å². The summed E-state index contributed by atoms with van der Waals surface area (Å²) in [5, 5.41) is 2.63. The van der Waals surface area contributed by atoms with Gasteiger partial charge >= 0.3 is 6.18 Å². The number of halogens is 3. The van der Waals surface area contributed by atoms with Crippen LogP contribution in [0.4, 0.5) is 13.2 Å². The molecule has 0 spiro atoms. The zero-order chi connectivity index (χ0) is 13.6. The first-order valence-corrected chi connectivity index (χ1v) is 5.19. The Morgan fingerprint density at radius 3 is 2.61 bits per heavy atom. The lowest BCUT2D eigenvalue weighted by Gasteiger charge is -2.13. The molecule has 1 aromatic carbocycles. The van der Waals surface area contributed by atoms with E-state index in [0.29, 0.717) is 0 Å². The van der Waals surface area contributed by atoms with Gasteiger partial charge < -0.3 is 15.8 Å². The number of nitrogens with one attached hydrogen (secondary N) is 1. The van der Waals surface area contributed by atoms with E-state index in [2.05, 4.69) is 5.32 Å². The van der Waals surface area contributed by atoms with E-state index in [1.807, 2.05) is 0 Å². The molecule has 0 radical (unpaired) electrons. The van der Waals surface area contributed by atoms with Gasteiger partial charge in [0, 0.05) is 6.54 Å². The normalized spacial score (nSPS) is 11.3. The second-order valence-electron chi connectivity index (χ2n) is 3.49. The topological polar surface area (TPSA) is 64.4 Å². The monoisotopic (exact) mass is 262 g/mol. The molecule has 1 aromatic rings. The molecule has 0 bridgehead atoms. The fourth-order valence-corrected chi connectivity index (χ4v) is 1.27. The molecule has 0 fully saturated rings. The summed E-state index contributed by atoms with van der Waals surface area (Å²) in [6.45, 7) is 0.208. The lowest BCUT2D eigenvalue weighted by atomic mass is 10.2. The van der Waals surface area contributed by atoms with Crippen LogP contribution in [0, 0.1) is 0 Å². The molecule has 0 saturated carbocycles. The van der Waals surface area contributed by atoms with Gasteiger partial charge in [0.2, 0.25) is 5.91 Å². The molecule has 1 rings (SSSR count). The number of rotatable bonds is 6. The highest BCUT2D eigenvalue weighted by molar-refractivity contribution is 5.75. The second-order valence-corrected chi connectivity index (χ2v) is 3.49. The van der Waals surface area contributed by atoms with Gasteiger partial charge in [-0.25, -0.2) is 0 Å². The van der Waals surface area contributed by atoms with Crippen LogP contribution in [-0.2, 0) is 11.0 Å². The van der Waals surface area contributed by atoms with Gasteiger partial charge in [0.05, 0.1) is 12.1 Å². The molecule has 0 aliphatic carbocycles. The molecular weight excluding hydrogens is 249 g/mol. The van der Waals surface area contributed by atoms with Gasteiger partial charge in [-0.2, -0.15) is 13.2 Å². The van der Waals surface area contributed by atoms with Crippen molar-refractivity contribution in [2.45, 2.75) is 6.18 Å². The van der Waals surface area contributed by atoms with Gasteiger partial charge in [-0.3, -0.25) is 4.79 Å². The summed E-state index contributed by atoms with van der Waals surface area (Å²) >= 11 is 0. The van der Waals surface area contributed by atoms with Crippen LogP contribution < -0.4 is 15.8 Å². The Kier molecular flexibility index (Phi) is 4.96. The number of ether oxygens (including phenoxy) is 1. The molecular formula is C11H13F3N2O2. The largest absolute Gasteiger partial charge is 0.492 e. The SMILES string of the molecule is NC(=O)CNCCOc1ccccc1C(F)(F)F. The smallest absolute Gasteiger partial charge is 0.419 e. The summed E-state index contributed by atoms with van der Waals surface area (Å²) in [6, 6.07) is 4.95. The van der Waals surface area contributed by atoms with Crippen LogP contribution in [0.15, 0.2) is 24.3 Å². The fourth-order valence-electron chi connectivity index (χ4n) is 1.27. The standard InChI is InChI=1S/C11H13F3N2O2/c12-11(13,14)8-3-1-2-4-9(8)18-6-5-16-7-10(15)17/h1-4,16H,5-7H2,(H2,15,17). The van der Waals surface area contributed by atoms with Gasteiger partial charge in [0.1, 0.15) is 12.4 Å². The first-order chi connectivity index (χ1) is 8.41. The summed E-state index contributed by atoms with van der Waals surface area (Å²) in [4.78, 5) is 10.4. The highest BCUT2D eigenvalue weighted by Gasteiger charge is 2.33. The lowest BCUT2D eigenvalue weighted by Crippen LogP contribution is -2.31. The zero-order valence-electron chi connectivity index (χ0n) is 9.46. The van der Waals surface area contributed by atoms with Crippen molar-refractivity contribution in [2.24, 2.45) is 5.73 Å². The number of benzene rings is 1. The molecule has 7 heteroatoms. The van der Waals surface area contributed by atoms with Crippen molar-refractivity contribution in [1.82, 2.24) is 5.32 Å². The predicted molar refractivity (Wildman–Crippen MR) is 59.0 cm³/mol. The molecule has 1 amide bonds. The number of nitrogens with two attached hydrogens (primary N) is 1. The van der Waals surface area contributed by atoms with Gasteiger partial charge in [-0.05, 0) is 12.1 Å². The third-order valence-electron chi connectivity index (χ3n) is 2.03. The fraction of sp³-hybridized carbons (Fsp3) is 0.364. The molecule has 0 aromatic heterocycles. The van der Waals surface area contributed by atoms with Crippen LogP contribution in [0.25, 0.3) is 0 Å². The number of carbonyl (C=O) groups is 1. The second kappa shape index (κ2) is 6.25. The molecule has 0 unspecified atom stereocenters. The van der Waals surface area contributed by atoms with Crippen LogP contribution in [-0.4, -0.2) is 25.6 Å². The Labute approximate surface area is 102 Å². The van der Waals surface area contributed by atoms with Crippen LogP contribution in [0.1, 0.15) is 5.56 Å². The Morgan fingerprint density at radius 2 is 2.00 bits per heavy atom. The maximum absolute atomic E-state index is 12.6. The van der Waals surface area contributed by atoms with Crippen molar-refractivity contribution in [3.8, 4) is 5.75 Å². The van der Waals surface area contributed by atoms with Gasteiger partial charge in [0.15, 0.2) is 0 Å². The van der Waals surface area contributed by atoms with E-state index < -0.39 is 17.6 Å². The van der Waals surface area contributed by atoms with Crippen LogP contribution in [0.2, 0.25) is 0 Å². The van der Waals surface area contributed by atoms with E-state index in [-0.39, 0.29) is 25.4 Å². The average molecular weight is 262 g/mol. The first-order valence-electron chi connectivity index (χ1n) is 5.19. The van der Waals surface area contributed by atoms with Crippen molar-refractivity contribution in [3.05, 3.63) is 29.8 Å². The minimum Gasteiger partial charge on any atom is -0.492 e. The summed E-state index contributed by atoms with van der Waals surface area (Å²) in [7, 11) is 0. The zero-order valence-corrected chi connectivity index (χ0v) is 9.46. The van der Waals surface area contributed by atoms with Gasteiger partial charge in [0.25, 0.3) is 0 Å². The summed E-state index contributed by atoms with van der Waals surface area (Å²) in [5.74, 6) is -0.767. The molecule has 18 heavy (non-hydrogen) atoms. The average Bonchev–Trinajstić information content (AvgIpc) is 2.27. The van der Waals surface area contributed by atoms with E-state index in [9.17, 15) is 18.0 Å². The molecule has 0 atom stereocenters. The van der Waals surface area contributed by atoms with Gasteiger partial charge in [-0.15, -0.1) is 0 Å². The summed E-state index contributed by atoms with van der Waals surface area (Å²) in [6.07, 6.45) is -4.45. The Balaban J connectivity index is 2.50. The van der Waals surface area contributed by atoms with Crippen molar-refractivity contribution in [1.29, 1.82) is 0 Å². The minimum atomic E-state index is -4.45. The van der Waals surface area contributed by atoms with Crippen molar-refractivity contribution < 1.29 is 22.7 Å². The lowest BCUT2D eigenvalue weighted by molar-refractivity contribution is -0.138. The van der Waals surface area contributed by atoms with Crippen LogP contribution in [0.5, 0.6) is 5.75 Å². The molecule has 3 N–H and O–H groups in total. The number of carbonyl (C=O) groups excluding carboxylic acids is 1. The van der Waals surface area contributed by atoms with E-state index in [0.717, 1.165) is 6.07 Å². The number of amides is 1. The quantitative estimate of drug-likeness (QED) is 0.756. The van der Waals surface area contributed by atoms with Crippen LogP contribution in [0.3, 0.4) is 0 Å². The Hall–Kier alpha value is -1.76. The van der Waals surface area contributed by atoms with Crippen molar-refractivity contribution in [2.75, 3.05) is 19.7 Å². The Morgan fingerprint density at radius 1 is 1.33 bits per heavy atom. The molecule has 0 aliphatic heterocycles. The van der Waals surface area contributed by atoms with E-state index >= 15 is 0 Å². The maximum atomic E-state index is 12.6. The number of primary amides is 1. The summed E-state index contributed by atoms with van der Waals surface area (Å²) < 4.78 is 42.7. The minimum absolute atomic E-state index is 0.0143. The van der Waals surface area contributed by atoms with E-state index in [1.54, 1.807) is 0 Å².